The van der Waals surface area contributed by atoms with Crippen molar-refractivity contribution in [3.8, 4) is 0 Å². The molecule has 0 aliphatic carbocycles. The average molecular weight is 256 g/mol. The monoisotopic (exact) mass is 256 g/mol. The molecule has 0 unspecified atom stereocenters. The molecule has 0 radical (unpaired) electrons. The number of hydrogen-bond acceptors (Lipinski definition) is 4. The number of carbonyl (C=O) groups is 1. The van der Waals surface area contributed by atoms with Gasteiger partial charge in [0.25, 0.3) is 0 Å². The number of rotatable bonds is 5. The first-order valence-corrected chi connectivity index (χ1v) is 6.16. The Bertz CT molecular complexity index is 525. The predicted octanol–water partition coefficient (Wildman–Crippen LogP) is 2.44. The van der Waals surface area contributed by atoms with Crippen molar-refractivity contribution in [2.75, 3.05) is 10.6 Å². The fourth-order valence-corrected chi connectivity index (χ4v) is 1.52. The van der Waals surface area contributed by atoms with Gasteiger partial charge in [-0.25, -0.2) is 4.98 Å². The fourth-order valence-electron chi connectivity index (χ4n) is 1.52. The lowest BCUT2D eigenvalue weighted by atomic mass is 10.3. The Morgan fingerprint density at radius 1 is 1.26 bits per heavy atom. The van der Waals surface area contributed by atoms with Crippen molar-refractivity contribution in [2.24, 2.45) is 0 Å². The number of hydrogen-bond donors (Lipinski definition) is 2. The molecule has 0 aliphatic rings. The summed E-state index contributed by atoms with van der Waals surface area (Å²) in [4.78, 5) is 19.5. The highest BCUT2D eigenvalue weighted by atomic mass is 16.1. The highest BCUT2D eigenvalue weighted by Crippen LogP contribution is 2.11. The van der Waals surface area contributed by atoms with Gasteiger partial charge in [0.1, 0.15) is 5.82 Å². The Morgan fingerprint density at radius 2 is 2.16 bits per heavy atom. The van der Waals surface area contributed by atoms with Crippen molar-refractivity contribution in [3.63, 3.8) is 0 Å². The topological polar surface area (TPSA) is 66.9 Å². The number of anilines is 2. The molecule has 0 aromatic carbocycles. The molecule has 0 spiro atoms. The normalized spacial score (nSPS) is 9.95. The third-order valence-electron chi connectivity index (χ3n) is 2.56. The lowest BCUT2D eigenvalue weighted by molar-refractivity contribution is -0.115. The molecule has 2 heterocycles. The molecule has 0 aliphatic heterocycles. The van der Waals surface area contributed by atoms with Gasteiger partial charge in [0, 0.05) is 25.4 Å². The number of aromatic nitrogens is 2. The van der Waals surface area contributed by atoms with Crippen LogP contribution >= 0.6 is 0 Å². The van der Waals surface area contributed by atoms with Crippen LogP contribution in [0.1, 0.15) is 18.9 Å². The summed E-state index contributed by atoms with van der Waals surface area (Å²) in [6, 6.07) is 7.55. The SMILES string of the molecule is CCC(=O)Nc1ccc(NCc2cccnc2)nc1. The van der Waals surface area contributed by atoms with E-state index in [1.54, 1.807) is 12.4 Å². The predicted molar refractivity (Wildman–Crippen MR) is 74.7 cm³/mol. The molecular weight excluding hydrogens is 240 g/mol. The van der Waals surface area contributed by atoms with Gasteiger partial charge in [0.2, 0.25) is 5.91 Å². The van der Waals surface area contributed by atoms with Crippen molar-refractivity contribution >= 4 is 17.4 Å². The van der Waals surface area contributed by atoms with Gasteiger partial charge >= 0.3 is 0 Å². The molecule has 0 saturated heterocycles. The van der Waals surface area contributed by atoms with Crippen molar-refractivity contribution < 1.29 is 4.79 Å². The van der Waals surface area contributed by atoms with Crippen LogP contribution in [0.5, 0.6) is 0 Å². The van der Waals surface area contributed by atoms with Crippen LogP contribution in [0, 0.1) is 0 Å². The Hall–Kier alpha value is -2.43. The van der Waals surface area contributed by atoms with Crippen LogP contribution in [0.15, 0.2) is 42.9 Å². The highest BCUT2D eigenvalue weighted by Gasteiger charge is 2.00. The lowest BCUT2D eigenvalue weighted by Crippen LogP contribution is -2.10. The molecule has 98 valence electrons. The van der Waals surface area contributed by atoms with Crippen LogP contribution in [0.4, 0.5) is 11.5 Å². The minimum Gasteiger partial charge on any atom is -0.366 e. The van der Waals surface area contributed by atoms with E-state index in [1.807, 2.05) is 37.4 Å². The summed E-state index contributed by atoms with van der Waals surface area (Å²) in [6.07, 6.45) is 5.65. The largest absolute Gasteiger partial charge is 0.366 e. The van der Waals surface area contributed by atoms with Gasteiger partial charge < -0.3 is 10.6 Å². The maximum atomic E-state index is 11.2. The molecule has 0 bridgehead atoms. The first-order chi connectivity index (χ1) is 9.28. The van der Waals surface area contributed by atoms with E-state index in [0.29, 0.717) is 18.7 Å². The van der Waals surface area contributed by atoms with Gasteiger partial charge in [0.05, 0.1) is 11.9 Å². The summed E-state index contributed by atoms with van der Waals surface area (Å²) in [5.41, 5.74) is 1.80. The van der Waals surface area contributed by atoms with Crippen molar-refractivity contribution in [2.45, 2.75) is 19.9 Å². The summed E-state index contributed by atoms with van der Waals surface area (Å²) in [6.45, 7) is 2.48. The maximum absolute atomic E-state index is 11.2. The molecule has 2 rings (SSSR count). The Balaban J connectivity index is 1.90. The molecule has 5 heteroatoms. The third kappa shape index (κ3) is 4.06. The summed E-state index contributed by atoms with van der Waals surface area (Å²) in [7, 11) is 0. The number of nitrogens with one attached hydrogen (secondary N) is 2. The zero-order valence-corrected chi connectivity index (χ0v) is 10.8. The maximum Gasteiger partial charge on any atom is 0.224 e. The zero-order valence-electron chi connectivity index (χ0n) is 10.8. The molecule has 2 aromatic heterocycles. The average Bonchev–Trinajstić information content (AvgIpc) is 2.47. The second-order valence-electron chi connectivity index (χ2n) is 4.05. The highest BCUT2D eigenvalue weighted by molar-refractivity contribution is 5.90. The molecule has 2 N–H and O–H groups in total. The molecular formula is C14H16N4O. The van der Waals surface area contributed by atoms with Gasteiger partial charge in [-0.2, -0.15) is 0 Å². The standard InChI is InChI=1S/C14H16N4O/c1-2-14(19)18-12-5-6-13(17-10-12)16-9-11-4-3-7-15-8-11/h3-8,10H,2,9H2,1H3,(H,16,17)(H,18,19). The second-order valence-corrected chi connectivity index (χ2v) is 4.05. The molecule has 0 atom stereocenters. The van der Waals surface area contributed by atoms with E-state index in [2.05, 4.69) is 20.6 Å². The van der Waals surface area contributed by atoms with E-state index in [9.17, 15) is 4.79 Å². The quantitative estimate of drug-likeness (QED) is 0.862. The van der Waals surface area contributed by atoms with E-state index < -0.39 is 0 Å². The molecule has 0 saturated carbocycles. The lowest BCUT2D eigenvalue weighted by Gasteiger charge is -2.07. The molecule has 2 aromatic rings. The minimum absolute atomic E-state index is 0.0159. The van der Waals surface area contributed by atoms with Crippen LogP contribution in [-0.4, -0.2) is 15.9 Å². The molecule has 1 amide bonds. The number of carbonyl (C=O) groups excluding carboxylic acids is 1. The van der Waals surface area contributed by atoms with Crippen LogP contribution in [0.2, 0.25) is 0 Å². The fraction of sp³-hybridized carbons (Fsp3) is 0.214. The number of nitrogens with zero attached hydrogens (tertiary/aromatic N) is 2. The van der Waals surface area contributed by atoms with Crippen LogP contribution in [-0.2, 0) is 11.3 Å². The molecule has 19 heavy (non-hydrogen) atoms. The smallest absolute Gasteiger partial charge is 0.224 e. The number of amides is 1. The summed E-state index contributed by atoms with van der Waals surface area (Å²) >= 11 is 0. The minimum atomic E-state index is -0.0159. The van der Waals surface area contributed by atoms with E-state index in [1.165, 1.54) is 0 Å². The van der Waals surface area contributed by atoms with Gasteiger partial charge in [0.15, 0.2) is 0 Å². The first kappa shape index (κ1) is 13.0. The summed E-state index contributed by atoms with van der Waals surface area (Å²) in [5.74, 6) is 0.746. The van der Waals surface area contributed by atoms with Crippen molar-refractivity contribution in [1.29, 1.82) is 0 Å². The van der Waals surface area contributed by atoms with Crippen LogP contribution in [0.25, 0.3) is 0 Å². The van der Waals surface area contributed by atoms with Crippen LogP contribution < -0.4 is 10.6 Å². The summed E-state index contributed by atoms with van der Waals surface area (Å²) in [5, 5.41) is 5.95. The van der Waals surface area contributed by atoms with Crippen molar-refractivity contribution in [3.05, 3.63) is 48.4 Å². The van der Waals surface area contributed by atoms with Crippen molar-refractivity contribution in [1.82, 2.24) is 9.97 Å². The third-order valence-corrected chi connectivity index (χ3v) is 2.56. The van der Waals surface area contributed by atoms with Gasteiger partial charge in [-0.05, 0) is 23.8 Å². The van der Waals surface area contributed by atoms with Gasteiger partial charge in [-0.3, -0.25) is 9.78 Å². The first-order valence-electron chi connectivity index (χ1n) is 6.16. The second kappa shape index (κ2) is 6.49. The Morgan fingerprint density at radius 3 is 2.79 bits per heavy atom. The Labute approximate surface area is 112 Å². The number of pyridine rings is 2. The Kier molecular flexibility index (Phi) is 4.44. The van der Waals surface area contributed by atoms with Crippen LogP contribution in [0.3, 0.4) is 0 Å². The summed E-state index contributed by atoms with van der Waals surface area (Å²) < 4.78 is 0. The van der Waals surface area contributed by atoms with E-state index in [0.717, 1.165) is 11.4 Å². The van der Waals surface area contributed by atoms with E-state index in [4.69, 9.17) is 0 Å². The molecule has 0 fully saturated rings. The van der Waals surface area contributed by atoms with E-state index in [-0.39, 0.29) is 5.91 Å². The zero-order chi connectivity index (χ0) is 13.5. The molecule has 5 nitrogen and oxygen atoms in total. The van der Waals surface area contributed by atoms with E-state index >= 15 is 0 Å². The van der Waals surface area contributed by atoms with Gasteiger partial charge in [-0.15, -0.1) is 0 Å². The van der Waals surface area contributed by atoms with Gasteiger partial charge in [-0.1, -0.05) is 13.0 Å².